The maximum absolute atomic E-state index is 11.5. The van der Waals surface area contributed by atoms with Crippen molar-refractivity contribution in [2.45, 2.75) is 32.6 Å². The molecule has 1 aliphatic rings. The van der Waals surface area contributed by atoms with E-state index in [9.17, 15) is 4.79 Å². The molecule has 0 aliphatic heterocycles. The van der Waals surface area contributed by atoms with Crippen LogP contribution < -0.4 is 0 Å². The SMILES string of the molecule is Cc1ccncc1C1=CC(=O)CCCC1. The maximum atomic E-state index is 11.5. The number of pyridine rings is 1. The minimum absolute atomic E-state index is 0.255. The van der Waals surface area contributed by atoms with Gasteiger partial charge in [-0.2, -0.15) is 0 Å². The van der Waals surface area contributed by atoms with Crippen LogP contribution in [0.15, 0.2) is 24.5 Å². The fourth-order valence-corrected chi connectivity index (χ4v) is 1.97. The summed E-state index contributed by atoms with van der Waals surface area (Å²) < 4.78 is 0. The molecule has 78 valence electrons. The van der Waals surface area contributed by atoms with Crippen LogP contribution in [-0.2, 0) is 4.79 Å². The molecule has 0 unspecified atom stereocenters. The molecule has 1 aromatic heterocycles. The van der Waals surface area contributed by atoms with Crippen LogP contribution in [0.1, 0.15) is 36.8 Å². The predicted molar refractivity (Wildman–Crippen MR) is 60.4 cm³/mol. The molecule has 0 aromatic carbocycles. The summed E-state index contributed by atoms with van der Waals surface area (Å²) in [5.74, 6) is 0.255. The lowest BCUT2D eigenvalue weighted by atomic mass is 9.99. The molecule has 0 atom stereocenters. The Morgan fingerprint density at radius 3 is 2.87 bits per heavy atom. The Kier molecular flexibility index (Phi) is 2.95. The highest BCUT2D eigenvalue weighted by molar-refractivity contribution is 5.97. The normalized spacial score (nSPS) is 17.1. The molecule has 2 rings (SSSR count). The van der Waals surface area contributed by atoms with Crippen molar-refractivity contribution in [2.75, 3.05) is 0 Å². The topological polar surface area (TPSA) is 30.0 Å². The molecule has 0 radical (unpaired) electrons. The monoisotopic (exact) mass is 201 g/mol. The average molecular weight is 201 g/mol. The van der Waals surface area contributed by atoms with Gasteiger partial charge >= 0.3 is 0 Å². The number of nitrogens with zero attached hydrogens (tertiary/aromatic N) is 1. The third kappa shape index (κ3) is 2.32. The fourth-order valence-electron chi connectivity index (χ4n) is 1.97. The van der Waals surface area contributed by atoms with E-state index < -0.39 is 0 Å². The molecule has 15 heavy (non-hydrogen) atoms. The average Bonchev–Trinajstić information content (AvgIpc) is 2.43. The van der Waals surface area contributed by atoms with Crippen molar-refractivity contribution < 1.29 is 4.79 Å². The van der Waals surface area contributed by atoms with Gasteiger partial charge in [-0.3, -0.25) is 9.78 Å². The van der Waals surface area contributed by atoms with Crippen molar-refractivity contribution in [1.29, 1.82) is 0 Å². The smallest absolute Gasteiger partial charge is 0.155 e. The maximum Gasteiger partial charge on any atom is 0.155 e. The highest BCUT2D eigenvalue weighted by Crippen LogP contribution is 2.26. The van der Waals surface area contributed by atoms with Gasteiger partial charge in [0.25, 0.3) is 0 Å². The summed E-state index contributed by atoms with van der Waals surface area (Å²) >= 11 is 0. The first-order valence-corrected chi connectivity index (χ1v) is 5.42. The van der Waals surface area contributed by atoms with Gasteiger partial charge < -0.3 is 0 Å². The van der Waals surface area contributed by atoms with Crippen molar-refractivity contribution in [3.05, 3.63) is 35.7 Å². The van der Waals surface area contributed by atoms with E-state index in [-0.39, 0.29) is 5.78 Å². The largest absolute Gasteiger partial charge is 0.295 e. The van der Waals surface area contributed by atoms with Crippen molar-refractivity contribution >= 4 is 11.4 Å². The first kappa shape index (κ1) is 10.1. The molecular formula is C13H15NO. The quantitative estimate of drug-likeness (QED) is 0.699. The molecule has 1 aromatic rings. The van der Waals surface area contributed by atoms with Gasteiger partial charge in [-0.15, -0.1) is 0 Å². The standard InChI is InChI=1S/C13H15NO/c1-10-6-7-14-9-13(10)11-4-2-3-5-12(15)8-11/h6-9H,2-5H2,1H3. The van der Waals surface area contributed by atoms with Crippen LogP contribution in [0.25, 0.3) is 5.57 Å². The second kappa shape index (κ2) is 4.39. The van der Waals surface area contributed by atoms with Crippen LogP contribution in [0.3, 0.4) is 0 Å². The Balaban J connectivity index is 2.37. The Labute approximate surface area is 90.0 Å². The van der Waals surface area contributed by atoms with E-state index in [0.717, 1.165) is 30.4 Å². The molecule has 2 nitrogen and oxygen atoms in total. The summed E-state index contributed by atoms with van der Waals surface area (Å²) in [4.78, 5) is 15.6. The zero-order valence-electron chi connectivity index (χ0n) is 8.99. The van der Waals surface area contributed by atoms with Gasteiger partial charge in [-0.25, -0.2) is 0 Å². The molecule has 0 fully saturated rings. The van der Waals surface area contributed by atoms with E-state index in [1.165, 1.54) is 5.56 Å². The van der Waals surface area contributed by atoms with Gasteiger partial charge in [-0.05, 0) is 55.0 Å². The minimum atomic E-state index is 0.255. The number of carbonyl (C=O) groups is 1. The number of aryl methyl sites for hydroxylation is 1. The van der Waals surface area contributed by atoms with Gasteiger partial charge in [0.15, 0.2) is 5.78 Å². The van der Waals surface area contributed by atoms with Crippen molar-refractivity contribution in [3.8, 4) is 0 Å². The van der Waals surface area contributed by atoms with E-state index in [2.05, 4.69) is 11.9 Å². The van der Waals surface area contributed by atoms with Crippen LogP contribution in [0.5, 0.6) is 0 Å². The van der Waals surface area contributed by atoms with E-state index in [1.54, 1.807) is 12.3 Å². The number of hydrogen-bond donors (Lipinski definition) is 0. The molecule has 0 saturated carbocycles. The van der Waals surface area contributed by atoms with Crippen molar-refractivity contribution in [1.82, 2.24) is 4.98 Å². The summed E-state index contributed by atoms with van der Waals surface area (Å²) in [6.45, 7) is 2.06. The first-order valence-electron chi connectivity index (χ1n) is 5.42. The Hall–Kier alpha value is -1.44. The lowest BCUT2D eigenvalue weighted by Gasteiger charge is -2.07. The molecule has 0 saturated heterocycles. The molecule has 0 N–H and O–H groups in total. The van der Waals surface area contributed by atoms with Gasteiger partial charge in [0.2, 0.25) is 0 Å². The van der Waals surface area contributed by atoms with E-state index >= 15 is 0 Å². The van der Waals surface area contributed by atoms with Crippen LogP contribution in [0, 0.1) is 6.92 Å². The summed E-state index contributed by atoms with van der Waals surface area (Å²) in [7, 11) is 0. The lowest BCUT2D eigenvalue weighted by Crippen LogP contribution is -1.93. The van der Waals surface area contributed by atoms with Crippen LogP contribution >= 0.6 is 0 Å². The molecular weight excluding hydrogens is 186 g/mol. The van der Waals surface area contributed by atoms with Gasteiger partial charge in [0.05, 0.1) is 0 Å². The van der Waals surface area contributed by atoms with E-state index in [0.29, 0.717) is 6.42 Å². The highest BCUT2D eigenvalue weighted by atomic mass is 16.1. The fraction of sp³-hybridized carbons (Fsp3) is 0.385. The Morgan fingerprint density at radius 1 is 1.27 bits per heavy atom. The number of carbonyl (C=O) groups excluding carboxylic acids is 1. The minimum Gasteiger partial charge on any atom is -0.295 e. The van der Waals surface area contributed by atoms with Crippen molar-refractivity contribution in [2.24, 2.45) is 0 Å². The summed E-state index contributed by atoms with van der Waals surface area (Å²) in [5, 5.41) is 0. The third-order valence-corrected chi connectivity index (χ3v) is 2.84. The van der Waals surface area contributed by atoms with Crippen LogP contribution in [0.4, 0.5) is 0 Å². The number of ketones is 1. The Morgan fingerprint density at radius 2 is 2.07 bits per heavy atom. The first-order chi connectivity index (χ1) is 7.27. The number of allylic oxidation sites excluding steroid dienone is 2. The summed E-state index contributed by atoms with van der Waals surface area (Å²) in [6.07, 6.45) is 9.26. The van der Waals surface area contributed by atoms with Gasteiger partial charge in [0, 0.05) is 18.8 Å². The number of aromatic nitrogens is 1. The molecule has 0 bridgehead atoms. The van der Waals surface area contributed by atoms with Crippen LogP contribution in [-0.4, -0.2) is 10.8 Å². The second-order valence-corrected chi connectivity index (χ2v) is 4.03. The summed E-state index contributed by atoms with van der Waals surface area (Å²) in [5.41, 5.74) is 3.49. The molecule has 0 spiro atoms. The van der Waals surface area contributed by atoms with E-state index in [1.807, 2.05) is 12.3 Å². The Bertz CT molecular complexity index is 407. The zero-order valence-corrected chi connectivity index (χ0v) is 8.99. The molecule has 0 amide bonds. The lowest BCUT2D eigenvalue weighted by molar-refractivity contribution is -0.114. The molecule has 2 heteroatoms. The number of hydrogen-bond acceptors (Lipinski definition) is 2. The van der Waals surface area contributed by atoms with Gasteiger partial charge in [0.1, 0.15) is 0 Å². The van der Waals surface area contributed by atoms with Gasteiger partial charge in [-0.1, -0.05) is 0 Å². The number of rotatable bonds is 1. The van der Waals surface area contributed by atoms with E-state index in [4.69, 9.17) is 0 Å². The van der Waals surface area contributed by atoms with Crippen molar-refractivity contribution in [3.63, 3.8) is 0 Å². The molecule has 1 aliphatic carbocycles. The van der Waals surface area contributed by atoms with Crippen LogP contribution in [0.2, 0.25) is 0 Å². The summed E-state index contributed by atoms with van der Waals surface area (Å²) in [6, 6.07) is 1.99. The third-order valence-electron chi connectivity index (χ3n) is 2.84. The second-order valence-electron chi connectivity index (χ2n) is 4.03. The molecule has 1 heterocycles. The highest BCUT2D eigenvalue weighted by Gasteiger charge is 2.11. The zero-order chi connectivity index (χ0) is 10.7. The predicted octanol–water partition coefficient (Wildman–Crippen LogP) is 2.92.